The van der Waals surface area contributed by atoms with E-state index in [4.69, 9.17) is 0 Å². The number of carbonyl (C=O) groups is 2. The molecule has 2 heterocycles. The number of ketones is 1. The molecule has 4 rings (SSSR count). The van der Waals surface area contributed by atoms with Crippen molar-refractivity contribution in [2.75, 3.05) is 6.54 Å². The van der Waals surface area contributed by atoms with Crippen molar-refractivity contribution in [3.8, 4) is 0 Å². The van der Waals surface area contributed by atoms with E-state index < -0.39 is 46.0 Å². The second-order valence-corrected chi connectivity index (χ2v) is 8.82. The molecule has 0 unspecified atom stereocenters. The Morgan fingerprint density at radius 2 is 1.74 bits per heavy atom. The number of benzene rings is 2. The Balaban J connectivity index is 1.70. The van der Waals surface area contributed by atoms with Crippen LogP contribution in [0.1, 0.15) is 39.9 Å². The zero-order valence-electron chi connectivity index (χ0n) is 20.2. The number of hydrazine groups is 1. The lowest BCUT2D eigenvalue weighted by molar-refractivity contribution is -0.123. The molecule has 3 aromatic rings. The fraction of sp³-hybridized carbons (Fsp3) is 0.179. The Labute approximate surface area is 216 Å². The molecule has 1 aliphatic rings. The molecular weight excluding hydrogens is 499 g/mol. The van der Waals surface area contributed by atoms with Crippen molar-refractivity contribution in [1.82, 2.24) is 15.0 Å². The average Bonchev–Trinajstić information content (AvgIpc) is 3.28. The largest absolute Gasteiger partial charge is 0.503 e. The molecule has 2 N–H and O–H groups in total. The number of hydrogen-bond donors (Lipinski definition) is 2. The summed E-state index contributed by atoms with van der Waals surface area (Å²) in [6.45, 7) is 4.01. The van der Waals surface area contributed by atoms with Crippen LogP contribution in [0.2, 0.25) is 0 Å². The van der Waals surface area contributed by atoms with Gasteiger partial charge in [0.05, 0.1) is 12.1 Å². The number of hydrogen-bond acceptors (Lipinski definition) is 5. The molecule has 1 amide bonds. The number of aliphatic hydroxyl groups excluding tert-OH is 1. The van der Waals surface area contributed by atoms with Crippen LogP contribution < -0.4 is 11.0 Å². The molecule has 7 nitrogen and oxygen atoms in total. The first-order valence-electron chi connectivity index (χ1n) is 11.7. The number of nitrogens with one attached hydrogen (secondary N) is 1. The van der Waals surface area contributed by atoms with Gasteiger partial charge in [-0.25, -0.2) is 13.2 Å². The van der Waals surface area contributed by atoms with E-state index in [2.05, 4.69) is 12.0 Å². The summed E-state index contributed by atoms with van der Waals surface area (Å²) < 4.78 is 44.0. The molecule has 196 valence electrons. The second kappa shape index (κ2) is 11.2. The van der Waals surface area contributed by atoms with E-state index in [1.165, 1.54) is 35.5 Å². The van der Waals surface area contributed by atoms with E-state index >= 15 is 0 Å². The third kappa shape index (κ3) is 5.86. The van der Waals surface area contributed by atoms with Gasteiger partial charge in [-0.15, -0.1) is 0 Å². The fourth-order valence-corrected chi connectivity index (χ4v) is 4.12. The number of aromatic nitrogens is 1. The quantitative estimate of drug-likeness (QED) is 0.263. The number of allylic oxidation sites excluding steroid dienone is 2. The van der Waals surface area contributed by atoms with Crippen LogP contribution in [0.3, 0.4) is 0 Å². The van der Waals surface area contributed by atoms with Gasteiger partial charge in [0.25, 0.3) is 5.56 Å². The molecular formula is C28H24F3N3O4. The molecule has 2 aromatic carbocycles. The summed E-state index contributed by atoms with van der Waals surface area (Å²) in [5.74, 6) is -5.15. The minimum Gasteiger partial charge on any atom is -0.503 e. The molecule has 1 aromatic heterocycles. The zero-order chi connectivity index (χ0) is 27.4. The van der Waals surface area contributed by atoms with Crippen LogP contribution in [0.25, 0.3) is 0 Å². The van der Waals surface area contributed by atoms with E-state index in [1.807, 2.05) is 0 Å². The number of aliphatic hydroxyl groups is 1. The van der Waals surface area contributed by atoms with Gasteiger partial charge in [0, 0.05) is 42.1 Å². The third-order valence-corrected chi connectivity index (χ3v) is 6.11. The number of carbonyl (C=O) groups excluding carboxylic acids is 2. The highest BCUT2D eigenvalue weighted by Gasteiger charge is 2.21. The van der Waals surface area contributed by atoms with Gasteiger partial charge in [0.1, 0.15) is 17.5 Å². The van der Waals surface area contributed by atoms with Crippen molar-refractivity contribution < 1.29 is 27.9 Å². The topological polar surface area (TPSA) is 91.6 Å². The van der Waals surface area contributed by atoms with E-state index in [-0.39, 0.29) is 29.7 Å². The molecule has 1 fully saturated rings. The molecule has 1 saturated heterocycles. The van der Waals surface area contributed by atoms with Crippen molar-refractivity contribution in [2.24, 2.45) is 0 Å². The Morgan fingerprint density at radius 1 is 1.05 bits per heavy atom. The monoisotopic (exact) mass is 523 g/mol. The maximum atomic E-state index is 14.3. The molecule has 0 radical (unpaired) electrons. The molecule has 38 heavy (non-hydrogen) atoms. The molecule has 10 heteroatoms. The van der Waals surface area contributed by atoms with Gasteiger partial charge >= 0.3 is 5.91 Å². The molecule has 0 spiro atoms. The smallest absolute Gasteiger partial charge is 0.304 e. The highest BCUT2D eigenvalue weighted by molar-refractivity contribution is 6.08. The van der Waals surface area contributed by atoms with Gasteiger partial charge in [0.2, 0.25) is 0 Å². The van der Waals surface area contributed by atoms with Crippen LogP contribution in [-0.2, 0) is 17.8 Å². The maximum absolute atomic E-state index is 14.3. The summed E-state index contributed by atoms with van der Waals surface area (Å²) in [5, 5.41) is 11.7. The summed E-state index contributed by atoms with van der Waals surface area (Å²) in [6.07, 6.45) is 2.99. The molecule has 0 atom stereocenters. The number of amides is 1. The van der Waals surface area contributed by atoms with Gasteiger partial charge < -0.3 is 9.67 Å². The van der Waals surface area contributed by atoms with Crippen molar-refractivity contribution in [3.63, 3.8) is 0 Å². The highest BCUT2D eigenvalue weighted by atomic mass is 19.1. The Kier molecular flexibility index (Phi) is 7.80. The molecule has 0 saturated carbocycles. The fourth-order valence-electron chi connectivity index (χ4n) is 4.12. The zero-order valence-corrected chi connectivity index (χ0v) is 20.2. The number of rotatable bonds is 8. The standard InChI is InChI=1S/C28H24F3N3O4/c1-17-6-5-11-34(17)32-27(37)26(36)14-25(35)21-13-18(12-20-23(30)9-4-10-24(20)31)15-33(28(21)38)16-19-7-2-3-8-22(19)29/h2-4,7-10,13-15,36H,1,5-6,11-12,16H2,(H,32,37)/b26-14-. The summed E-state index contributed by atoms with van der Waals surface area (Å²) in [7, 11) is 0. The van der Waals surface area contributed by atoms with E-state index in [1.54, 1.807) is 6.07 Å². The van der Waals surface area contributed by atoms with Crippen LogP contribution in [0, 0.1) is 17.5 Å². The van der Waals surface area contributed by atoms with Gasteiger partial charge in [0.15, 0.2) is 11.5 Å². The predicted molar refractivity (Wildman–Crippen MR) is 134 cm³/mol. The van der Waals surface area contributed by atoms with Crippen LogP contribution in [-0.4, -0.2) is 32.9 Å². The molecule has 0 aliphatic carbocycles. The highest BCUT2D eigenvalue weighted by Crippen LogP contribution is 2.19. The minimum absolute atomic E-state index is 0.144. The third-order valence-electron chi connectivity index (χ3n) is 6.11. The van der Waals surface area contributed by atoms with Crippen molar-refractivity contribution in [1.29, 1.82) is 0 Å². The van der Waals surface area contributed by atoms with Crippen LogP contribution >= 0.6 is 0 Å². The summed E-state index contributed by atoms with van der Waals surface area (Å²) >= 11 is 0. The Morgan fingerprint density at radius 3 is 2.39 bits per heavy atom. The minimum atomic E-state index is -1.01. The SMILES string of the molecule is C=C1CCCN1NC(=O)/C(O)=C/C(=O)c1cc(Cc2c(F)cccc2F)cn(Cc2ccccc2F)c1=O. The van der Waals surface area contributed by atoms with E-state index in [0.29, 0.717) is 24.7 Å². The van der Waals surface area contributed by atoms with Crippen LogP contribution in [0.5, 0.6) is 0 Å². The first-order valence-corrected chi connectivity index (χ1v) is 11.7. The van der Waals surface area contributed by atoms with Crippen LogP contribution in [0.15, 0.2) is 83.6 Å². The lowest BCUT2D eigenvalue weighted by atomic mass is 10.0. The van der Waals surface area contributed by atoms with Crippen molar-refractivity contribution in [2.45, 2.75) is 25.8 Å². The van der Waals surface area contributed by atoms with E-state index in [9.17, 15) is 32.7 Å². The summed E-state index contributed by atoms with van der Waals surface area (Å²) in [4.78, 5) is 38.5. The Hall–Kier alpha value is -4.60. The summed E-state index contributed by atoms with van der Waals surface area (Å²) in [5.41, 5.74) is 1.79. The first kappa shape index (κ1) is 26.5. The maximum Gasteiger partial charge on any atom is 0.304 e. The molecule has 1 aliphatic heterocycles. The van der Waals surface area contributed by atoms with E-state index in [0.717, 1.165) is 29.2 Å². The normalized spacial score (nSPS) is 13.6. The predicted octanol–water partition coefficient (Wildman–Crippen LogP) is 4.17. The second-order valence-electron chi connectivity index (χ2n) is 8.82. The first-order chi connectivity index (χ1) is 18.1. The summed E-state index contributed by atoms with van der Waals surface area (Å²) in [6, 6.07) is 10.2. The van der Waals surface area contributed by atoms with Crippen molar-refractivity contribution >= 4 is 11.7 Å². The van der Waals surface area contributed by atoms with Gasteiger partial charge in [-0.3, -0.25) is 24.8 Å². The number of pyridine rings is 1. The van der Waals surface area contributed by atoms with Crippen LogP contribution in [0.4, 0.5) is 13.2 Å². The lowest BCUT2D eigenvalue weighted by Gasteiger charge is -2.19. The Bertz CT molecular complexity index is 1490. The average molecular weight is 524 g/mol. The lowest BCUT2D eigenvalue weighted by Crippen LogP contribution is -2.39. The van der Waals surface area contributed by atoms with Gasteiger partial charge in [-0.2, -0.15) is 0 Å². The van der Waals surface area contributed by atoms with Gasteiger partial charge in [-0.05, 0) is 42.7 Å². The molecule has 0 bridgehead atoms. The number of halogens is 3. The van der Waals surface area contributed by atoms with Gasteiger partial charge in [-0.1, -0.05) is 30.8 Å². The number of nitrogens with zero attached hydrogens (tertiary/aromatic N) is 2. The van der Waals surface area contributed by atoms with Crippen molar-refractivity contribution in [3.05, 3.63) is 129 Å².